The van der Waals surface area contributed by atoms with E-state index >= 15 is 0 Å². The fourth-order valence-corrected chi connectivity index (χ4v) is 3.28. The van der Waals surface area contributed by atoms with Crippen molar-refractivity contribution in [2.24, 2.45) is 0 Å². The molecule has 1 aliphatic carbocycles. The normalized spacial score (nSPS) is 23.4. The molecule has 3 rings (SSSR count). The van der Waals surface area contributed by atoms with Crippen molar-refractivity contribution in [1.82, 2.24) is 10.2 Å². The molecule has 2 aliphatic rings. The van der Waals surface area contributed by atoms with Crippen LogP contribution < -0.4 is 5.32 Å². The molecule has 0 amide bonds. The number of hydrogen-bond acceptors (Lipinski definition) is 2. The van der Waals surface area contributed by atoms with E-state index in [1.54, 1.807) is 5.56 Å². The van der Waals surface area contributed by atoms with Gasteiger partial charge in [-0.15, -0.1) is 6.42 Å². The van der Waals surface area contributed by atoms with E-state index in [0.717, 1.165) is 32.1 Å². The molecule has 0 spiro atoms. The zero-order valence-electron chi connectivity index (χ0n) is 11.4. The van der Waals surface area contributed by atoms with Crippen molar-refractivity contribution >= 4 is 0 Å². The minimum atomic E-state index is 0.682. The minimum Gasteiger partial charge on any atom is -0.313 e. The Bertz CT molecular complexity index is 466. The Kier molecular flexibility index (Phi) is 3.87. The van der Waals surface area contributed by atoms with E-state index in [1.807, 2.05) is 0 Å². The molecule has 1 unspecified atom stereocenters. The Labute approximate surface area is 116 Å². The fourth-order valence-electron chi connectivity index (χ4n) is 3.28. The van der Waals surface area contributed by atoms with E-state index in [1.165, 1.54) is 24.8 Å². The Balaban J connectivity index is 1.42. The third-order valence-corrected chi connectivity index (χ3v) is 4.52. The third-order valence-electron chi connectivity index (χ3n) is 4.52. The van der Waals surface area contributed by atoms with Crippen LogP contribution >= 0.6 is 0 Å². The van der Waals surface area contributed by atoms with Gasteiger partial charge in [-0.1, -0.05) is 30.2 Å². The van der Waals surface area contributed by atoms with Crippen LogP contribution in [0.2, 0.25) is 0 Å². The average molecular weight is 254 g/mol. The van der Waals surface area contributed by atoms with Crippen molar-refractivity contribution < 1.29 is 0 Å². The number of rotatable bonds is 4. The summed E-state index contributed by atoms with van der Waals surface area (Å²) in [7, 11) is 0. The first-order chi connectivity index (χ1) is 9.36. The van der Waals surface area contributed by atoms with Gasteiger partial charge in [-0.25, -0.2) is 0 Å². The predicted molar refractivity (Wildman–Crippen MR) is 79.2 cm³/mol. The van der Waals surface area contributed by atoms with Crippen molar-refractivity contribution in [2.45, 2.75) is 31.2 Å². The molecular weight excluding hydrogens is 232 g/mol. The van der Waals surface area contributed by atoms with Crippen LogP contribution in [0.3, 0.4) is 0 Å². The number of piperidine rings is 1. The van der Waals surface area contributed by atoms with E-state index in [2.05, 4.69) is 40.4 Å². The summed E-state index contributed by atoms with van der Waals surface area (Å²) in [4.78, 5) is 2.37. The van der Waals surface area contributed by atoms with E-state index in [-0.39, 0.29) is 0 Å². The van der Waals surface area contributed by atoms with E-state index in [0.29, 0.717) is 6.04 Å². The molecule has 0 aromatic heterocycles. The molecule has 100 valence electrons. The van der Waals surface area contributed by atoms with Gasteiger partial charge < -0.3 is 5.32 Å². The maximum Gasteiger partial charge on any atom is 0.0598 e. The van der Waals surface area contributed by atoms with E-state index in [9.17, 15) is 0 Å². The van der Waals surface area contributed by atoms with Crippen LogP contribution in [0, 0.1) is 12.3 Å². The van der Waals surface area contributed by atoms with Crippen molar-refractivity contribution in [3.05, 3.63) is 35.4 Å². The topological polar surface area (TPSA) is 15.3 Å². The smallest absolute Gasteiger partial charge is 0.0598 e. The van der Waals surface area contributed by atoms with Gasteiger partial charge in [0, 0.05) is 31.6 Å². The highest BCUT2D eigenvalue weighted by Gasteiger charge is 2.26. The number of benzene rings is 1. The number of likely N-dealkylation sites (tertiary alicyclic amines) is 1. The molecule has 0 bridgehead atoms. The van der Waals surface area contributed by atoms with Crippen molar-refractivity contribution in [3.8, 4) is 12.3 Å². The lowest BCUT2D eigenvalue weighted by atomic mass is 9.77. The number of fused-ring (bicyclic) bond motifs is 1. The molecule has 0 radical (unpaired) electrons. The summed E-state index contributed by atoms with van der Waals surface area (Å²) in [5.74, 6) is 3.47. The SMILES string of the molecule is C#CCN1CCC(NCC2Cc3ccccc32)CC1. The van der Waals surface area contributed by atoms with Crippen LogP contribution in [-0.4, -0.2) is 37.1 Å². The third kappa shape index (κ3) is 2.83. The molecule has 1 heterocycles. The summed E-state index contributed by atoms with van der Waals surface area (Å²) in [5, 5.41) is 3.75. The second-order valence-electron chi connectivity index (χ2n) is 5.76. The van der Waals surface area contributed by atoms with Gasteiger partial charge in [0.1, 0.15) is 0 Å². The van der Waals surface area contributed by atoms with Crippen molar-refractivity contribution in [1.29, 1.82) is 0 Å². The van der Waals surface area contributed by atoms with E-state index in [4.69, 9.17) is 6.42 Å². The van der Waals surface area contributed by atoms with Crippen molar-refractivity contribution in [2.75, 3.05) is 26.2 Å². The lowest BCUT2D eigenvalue weighted by Gasteiger charge is -2.35. The van der Waals surface area contributed by atoms with Gasteiger partial charge >= 0.3 is 0 Å². The summed E-state index contributed by atoms with van der Waals surface area (Å²) >= 11 is 0. The van der Waals surface area contributed by atoms with Crippen LogP contribution in [0.25, 0.3) is 0 Å². The number of terminal acetylenes is 1. The van der Waals surface area contributed by atoms with Crippen LogP contribution in [0.4, 0.5) is 0 Å². The van der Waals surface area contributed by atoms with Crippen LogP contribution in [-0.2, 0) is 6.42 Å². The Morgan fingerprint density at radius 2 is 2.05 bits per heavy atom. The first-order valence-electron chi connectivity index (χ1n) is 7.34. The molecule has 0 saturated carbocycles. The summed E-state index contributed by atoms with van der Waals surface area (Å²) < 4.78 is 0. The molecule has 1 aromatic carbocycles. The first-order valence-corrected chi connectivity index (χ1v) is 7.34. The maximum absolute atomic E-state index is 5.36. The number of nitrogens with one attached hydrogen (secondary N) is 1. The number of nitrogens with zero attached hydrogens (tertiary/aromatic N) is 1. The summed E-state index contributed by atoms with van der Waals surface area (Å²) in [5.41, 5.74) is 3.10. The molecule has 1 aromatic rings. The van der Waals surface area contributed by atoms with Gasteiger partial charge in [-0.05, 0) is 30.4 Å². The fraction of sp³-hybridized carbons (Fsp3) is 0.529. The molecule has 19 heavy (non-hydrogen) atoms. The Hall–Kier alpha value is -1.30. The average Bonchev–Trinajstić information content (AvgIpc) is 2.42. The lowest BCUT2D eigenvalue weighted by molar-refractivity contribution is 0.216. The maximum atomic E-state index is 5.36. The Morgan fingerprint density at radius 3 is 2.79 bits per heavy atom. The second kappa shape index (κ2) is 5.77. The minimum absolute atomic E-state index is 0.682. The Morgan fingerprint density at radius 1 is 1.26 bits per heavy atom. The molecule has 2 heteroatoms. The molecule has 1 N–H and O–H groups in total. The van der Waals surface area contributed by atoms with Crippen LogP contribution in [0.1, 0.15) is 29.9 Å². The molecule has 2 nitrogen and oxygen atoms in total. The van der Waals surface area contributed by atoms with Crippen molar-refractivity contribution in [3.63, 3.8) is 0 Å². The van der Waals surface area contributed by atoms with Gasteiger partial charge in [0.05, 0.1) is 6.54 Å². The summed E-state index contributed by atoms with van der Waals surface area (Å²) in [6.45, 7) is 4.23. The molecule has 1 fully saturated rings. The first kappa shape index (κ1) is 12.7. The van der Waals surface area contributed by atoms with Gasteiger partial charge in [0.15, 0.2) is 0 Å². The zero-order chi connectivity index (χ0) is 13.1. The molecule has 1 aliphatic heterocycles. The van der Waals surface area contributed by atoms with E-state index < -0.39 is 0 Å². The standard InChI is InChI=1S/C17H22N2/c1-2-9-19-10-7-16(8-11-19)18-13-15-12-14-5-3-4-6-17(14)15/h1,3-6,15-16,18H,7-13H2. The quantitative estimate of drug-likeness (QED) is 0.827. The highest BCUT2D eigenvalue weighted by Crippen LogP contribution is 2.34. The van der Waals surface area contributed by atoms with Gasteiger partial charge in [0.2, 0.25) is 0 Å². The van der Waals surface area contributed by atoms with Crippen LogP contribution in [0.15, 0.2) is 24.3 Å². The zero-order valence-corrected chi connectivity index (χ0v) is 11.4. The molecule has 1 saturated heterocycles. The van der Waals surface area contributed by atoms with Gasteiger partial charge in [-0.2, -0.15) is 0 Å². The highest BCUT2D eigenvalue weighted by molar-refractivity contribution is 5.40. The van der Waals surface area contributed by atoms with Gasteiger partial charge in [-0.3, -0.25) is 4.90 Å². The second-order valence-corrected chi connectivity index (χ2v) is 5.76. The summed E-state index contributed by atoms with van der Waals surface area (Å²) in [6.07, 6.45) is 9.07. The lowest BCUT2D eigenvalue weighted by Crippen LogP contribution is -2.44. The molecular formula is C17H22N2. The largest absolute Gasteiger partial charge is 0.313 e. The summed E-state index contributed by atoms with van der Waals surface area (Å²) in [6, 6.07) is 9.51. The molecule has 1 atom stereocenters. The van der Waals surface area contributed by atoms with Gasteiger partial charge in [0.25, 0.3) is 0 Å². The highest BCUT2D eigenvalue weighted by atomic mass is 15.1. The monoisotopic (exact) mass is 254 g/mol. The number of hydrogen-bond donors (Lipinski definition) is 1. The van der Waals surface area contributed by atoms with Crippen LogP contribution in [0.5, 0.6) is 0 Å². The predicted octanol–water partition coefficient (Wildman–Crippen LogP) is 2.01.